The molecular weight excluding hydrogens is 462 g/mol. The summed E-state index contributed by atoms with van der Waals surface area (Å²) in [5.74, 6) is 0.671. The van der Waals surface area contributed by atoms with E-state index in [0.29, 0.717) is 36.1 Å². The molecule has 2 N–H and O–H groups in total. The summed E-state index contributed by atoms with van der Waals surface area (Å²) in [6, 6.07) is 12.3. The standard InChI is InChI=1S/C27H33N3O4S/c1-18(21-5-3-2-4-6-21)13-25(31)30-26-23(15-28)22-8-7-20(14-24(22)35-26)17-34-27(32)29-16-19-9-11-33-12-10-19/h2-6,18-20H,7-14,16-17H2,1H3,(H,29,32)(H,30,31). The Hall–Kier alpha value is -2.89. The maximum absolute atomic E-state index is 12.7. The van der Waals surface area contributed by atoms with Crippen molar-refractivity contribution in [2.24, 2.45) is 11.8 Å². The summed E-state index contributed by atoms with van der Waals surface area (Å²) < 4.78 is 10.8. The third-order valence-electron chi connectivity index (χ3n) is 6.92. The number of rotatable bonds is 8. The van der Waals surface area contributed by atoms with Gasteiger partial charge in [0.15, 0.2) is 0 Å². The zero-order valence-electron chi connectivity index (χ0n) is 20.2. The van der Waals surface area contributed by atoms with Crippen molar-refractivity contribution in [1.29, 1.82) is 5.26 Å². The third kappa shape index (κ3) is 6.83. The van der Waals surface area contributed by atoms with Gasteiger partial charge in [-0.3, -0.25) is 4.79 Å². The number of hydrogen-bond acceptors (Lipinski definition) is 6. The van der Waals surface area contributed by atoms with Gasteiger partial charge in [-0.25, -0.2) is 4.79 Å². The average Bonchev–Trinajstić information content (AvgIpc) is 3.23. The van der Waals surface area contributed by atoms with E-state index in [1.807, 2.05) is 37.3 Å². The summed E-state index contributed by atoms with van der Waals surface area (Å²) in [5, 5.41) is 16.3. The average molecular weight is 496 g/mol. The fourth-order valence-electron chi connectivity index (χ4n) is 4.78. The third-order valence-corrected chi connectivity index (χ3v) is 8.09. The number of nitrogens with one attached hydrogen (secondary N) is 2. The SMILES string of the molecule is CC(CC(=O)Nc1sc2c(c1C#N)CCC(COC(=O)NCC1CCOCC1)C2)c1ccccc1. The normalized spacial score (nSPS) is 18.7. The Morgan fingerprint density at radius 1 is 1.20 bits per heavy atom. The van der Waals surface area contributed by atoms with E-state index in [2.05, 4.69) is 16.7 Å². The van der Waals surface area contributed by atoms with E-state index in [9.17, 15) is 14.9 Å². The maximum Gasteiger partial charge on any atom is 0.407 e. The molecule has 4 rings (SSSR count). The molecule has 0 spiro atoms. The van der Waals surface area contributed by atoms with Gasteiger partial charge in [-0.2, -0.15) is 5.26 Å². The quantitative estimate of drug-likeness (QED) is 0.536. The molecule has 2 unspecified atom stereocenters. The van der Waals surface area contributed by atoms with Crippen molar-refractivity contribution in [1.82, 2.24) is 5.32 Å². The first-order chi connectivity index (χ1) is 17.0. The molecule has 1 aliphatic heterocycles. The first kappa shape index (κ1) is 25.2. The Balaban J connectivity index is 1.28. The number of nitrogens with zero attached hydrogens (tertiary/aromatic N) is 1. The van der Waals surface area contributed by atoms with Gasteiger partial charge < -0.3 is 20.1 Å². The van der Waals surface area contributed by atoms with Crippen molar-refractivity contribution in [2.45, 2.75) is 51.4 Å². The number of fused-ring (bicyclic) bond motifs is 1. The van der Waals surface area contributed by atoms with E-state index in [1.54, 1.807) is 0 Å². The van der Waals surface area contributed by atoms with E-state index in [-0.39, 0.29) is 23.8 Å². The van der Waals surface area contributed by atoms with E-state index in [0.717, 1.165) is 61.3 Å². The van der Waals surface area contributed by atoms with E-state index >= 15 is 0 Å². The molecule has 1 fully saturated rings. The minimum Gasteiger partial charge on any atom is -0.449 e. The lowest BCUT2D eigenvalue weighted by atomic mass is 9.88. The molecule has 8 heteroatoms. The number of carbonyl (C=O) groups excluding carboxylic acids is 2. The molecule has 0 radical (unpaired) electrons. The second-order valence-corrected chi connectivity index (χ2v) is 10.6. The number of carbonyl (C=O) groups is 2. The summed E-state index contributed by atoms with van der Waals surface area (Å²) in [6.45, 7) is 4.52. The number of alkyl carbamates (subject to hydrolysis) is 1. The van der Waals surface area contributed by atoms with Gasteiger partial charge in [-0.15, -0.1) is 11.3 Å². The highest BCUT2D eigenvalue weighted by Gasteiger charge is 2.27. The van der Waals surface area contributed by atoms with E-state index < -0.39 is 0 Å². The number of thiophene rings is 1. The molecule has 35 heavy (non-hydrogen) atoms. The van der Waals surface area contributed by atoms with Crippen LogP contribution >= 0.6 is 11.3 Å². The Morgan fingerprint density at radius 2 is 1.97 bits per heavy atom. The van der Waals surface area contributed by atoms with Gasteiger partial charge in [0.05, 0.1) is 12.2 Å². The fraction of sp³-hybridized carbons (Fsp3) is 0.519. The number of hydrogen-bond donors (Lipinski definition) is 2. The Morgan fingerprint density at radius 3 is 2.71 bits per heavy atom. The van der Waals surface area contributed by atoms with Crippen LogP contribution in [0.1, 0.15) is 60.1 Å². The van der Waals surface area contributed by atoms with Crippen LogP contribution in [0.2, 0.25) is 0 Å². The minimum atomic E-state index is -0.369. The molecule has 2 aliphatic rings. The van der Waals surface area contributed by atoms with Crippen LogP contribution in [0, 0.1) is 23.2 Å². The molecule has 1 aromatic carbocycles. The Kier molecular flexibility index (Phi) is 8.78. The van der Waals surface area contributed by atoms with Crippen molar-refractivity contribution >= 4 is 28.3 Å². The number of benzene rings is 1. The second kappa shape index (κ2) is 12.2. The highest BCUT2D eigenvalue weighted by atomic mass is 32.1. The van der Waals surface area contributed by atoms with Crippen LogP contribution in [0.15, 0.2) is 30.3 Å². The zero-order valence-corrected chi connectivity index (χ0v) is 21.0. The smallest absolute Gasteiger partial charge is 0.407 e. The van der Waals surface area contributed by atoms with Crippen LogP contribution < -0.4 is 10.6 Å². The summed E-state index contributed by atoms with van der Waals surface area (Å²) in [7, 11) is 0. The number of amides is 2. The van der Waals surface area contributed by atoms with Crippen LogP contribution in [-0.2, 0) is 27.1 Å². The molecule has 0 saturated carbocycles. The molecule has 1 saturated heterocycles. The van der Waals surface area contributed by atoms with Crippen molar-refractivity contribution in [3.05, 3.63) is 51.9 Å². The van der Waals surface area contributed by atoms with Gasteiger partial charge in [0.25, 0.3) is 0 Å². The second-order valence-electron chi connectivity index (χ2n) is 9.53. The van der Waals surface area contributed by atoms with Crippen LogP contribution in [0.5, 0.6) is 0 Å². The topological polar surface area (TPSA) is 100 Å². The van der Waals surface area contributed by atoms with Gasteiger partial charge in [-0.1, -0.05) is 37.3 Å². The van der Waals surface area contributed by atoms with Crippen molar-refractivity contribution in [2.75, 3.05) is 31.7 Å². The highest BCUT2D eigenvalue weighted by Crippen LogP contribution is 2.39. The Bertz CT molecular complexity index is 1060. The lowest BCUT2D eigenvalue weighted by Crippen LogP contribution is -2.33. The number of anilines is 1. The minimum absolute atomic E-state index is 0.0856. The van der Waals surface area contributed by atoms with E-state index in [4.69, 9.17) is 9.47 Å². The predicted molar refractivity (Wildman–Crippen MR) is 136 cm³/mol. The highest BCUT2D eigenvalue weighted by molar-refractivity contribution is 7.16. The molecule has 0 bridgehead atoms. The fourth-order valence-corrected chi connectivity index (χ4v) is 6.11. The summed E-state index contributed by atoms with van der Waals surface area (Å²) in [4.78, 5) is 26.0. The lowest BCUT2D eigenvalue weighted by Gasteiger charge is -2.23. The van der Waals surface area contributed by atoms with E-state index in [1.165, 1.54) is 11.3 Å². The van der Waals surface area contributed by atoms with Gasteiger partial charge in [0.2, 0.25) is 5.91 Å². The summed E-state index contributed by atoms with van der Waals surface area (Å²) in [5.41, 5.74) is 2.73. The summed E-state index contributed by atoms with van der Waals surface area (Å²) >= 11 is 1.48. The molecule has 1 aromatic heterocycles. The molecule has 2 heterocycles. The number of nitriles is 1. The van der Waals surface area contributed by atoms with Crippen LogP contribution in [0.3, 0.4) is 0 Å². The summed E-state index contributed by atoms with van der Waals surface area (Å²) in [6.07, 6.45) is 4.28. The molecule has 2 atom stereocenters. The lowest BCUT2D eigenvalue weighted by molar-refractivity contribution is -0.116. The van der Waals surface area contributed by atoms with Gasteiger partial charge in [-0.05, 0) is 61.0 Å². The maximum atomic E-state index is 12.7. The molecule has 2 amide bonds. The zero-order chi connectivity index (χ0) is 24.6. The molecule has 2 aromatic rings. The molecular formula is C27H33N3O4S. The van der Waals surface area contributed by atoms with Gasteiger partial charge in [0, 0.05) is 31.1 Å². The monoisotopic (exact) mass is 495 g/mol. The predicted octanol–water partition coefficient (Wildman–Crippen LogP) is 5.01. The van der Waals surface area contributed by atoms with Crippen LogP contribution in [-0.4, -0.2) is 38.4 Å². The first-order valence-corrected chi connectivity index (χ1v) is 13.2. The molecule has 7 nitrogen and oxygen atoms in total. The largest absolute Gasteiger partial charge is 0.449 e. The Labute approximate surface area is 210 Å². The first-order valence-electron chi connectivity index (χ1n) is 12.4. The van der Waals surface area contributed by atoms with Crippen LogP contribution in [0.25, 0.3) is 0 Å². The van der Waals surface area contributed by atoms with Gasteiger partial charge in [0.1, 0.15) is 11.1 Å². The van der Waals surface area contributed by atoms with Crippen LogP contribution in [0.4, 0.5) is 9.80 Å². The van der Waals surface area contributed by atoms with Crippen molar-refractivity contribution < 1.29 is 19.1 Å². The van der Waals surface area contributed by atoms with Crippen molar-refractivity contribution in [3.8, 4) is 6.07 Å². The molecule has 1 aliphatic carbocycles. The number of ether oxygens (including phenoxy) is 2. The molecule has 186 valence electrons. The van der Waals surface area contributed by atoms with Crippen molar-refractivity contribution in [3.63, 3.8) is 0 Å². The van der Waals surface area contributed by atoms with Gasteiger partial charge >= 0.3 is 6.09 Å².